The average Bonchev–Trinajstić information content (AvgIpc) is 2.44. The Kier molecular flexibility index (Phi) is 7.16. The predicted octanol–water partition coefficient (Wildman–Crippen LogP) is 4.27. The first kappa shape index (κ1) is 15.7. The lowest BCUT2D eigenvalue weighted by molar-refractivity contribution is 0.0904. The third-order valence-electron chi connectivity index (χ3n) is 3.12. The number of hydrogen-bond donors (Lipinski definition) is 0. The zero-order chi connectivity index (χ0) is 14.1. The van der Waals surface area contributed by atoms with E-state index in [1.54, 1.807) is 12.4 Å². The van der Waals surface area contributed by atoms with Crippen molar-refractivity contribution >= 4 is 5.78 Å². The van der Waals surface area contributed by atoms with E-state index in [9.17, 15) is 4.79 Å². The maximum atomic E-state index is 12.5. The van der Waals surface area contributed by atoms with E-state index in [4.69, 9.17) is 4.74 Å². The molecule has 0 spiro atoms. The molecule has 0 aliphatic heterocycles. The molecule has 0 radical (unpaired) electrons. The molecule has 0 bridgehead atoms. The summed E-state index contributed by atoms with van der Waals surface area (Å²) in [5.74, 6) is 1.02. The van der Waals surface area contributed by atoms with Crippen molar-refractivity contribution in [3.8, 4) is 5.75 Å². The number of pyridine rings is 1. The van der Waals surface area contributed by atoms with Crippen molar-refractivity contribution in [2.75, 3.05) is 6.61 Å². The van der Waals surface area contributed by atoms with Gasteiger partial charge in [0.2, 0.25) is 0 Å². The molecule has 3 heteroatoms. The highest BCUT2D eigenvalue weighted by molar-refractivity contribution is 5.97. The number of carbonyl (C=O) groups is 1. The summed E-state index contributed by atoms with van der Waals surface area (Å²) < 4.78 is 5.53. The van der Waals surface area contributed by atoms with Gasteiger partial charge >= 0.3 is 0 Å². The molecule has 0 saturated heterocycles. The highest BCUT2D eigenvalue weighted by Gasteiger charge is 2.19. The molecule has 0 aromatic carbocycles. The maximum absolute atomic E-state index is 12.5. The number of ketones is 1. The van der Waals surface area contributed by atoms with E-state index >= 15 is 0 Å². The zero-order valence-corrected chi connectivity index (χ0v) is 12.3. The van der Waals surface area contributed by atoms with E-state index in [1.807, 2.05) is 6.07 Å². The van der Waals surface area contributed by atoms with Gasteiger partial charge in [0.25, 0.3) is 0 Å². The Morgan fingerprint density at radius 2 is 1.84 bits per heavy atom. The summed E-state index contributed by atoms with van der Waals surface area (Å²) in [6.45, 7) is 6.96. The third-order valence-corrected chi connectivity index (χ3v) is 3.12. The quantitative estimate of drug-likeness (QED) is 0.624. The van der Waals surface area contributed by atoms with Crippen molar-refractivity contribution < 1.29 is 9.53 Å². The summed E-state index contributed by atoms with van der Waals surface area (Å²) in [6, 6.07) is 1.82. The van der Waals surface area contributed by atoms with Gasteiger partial charge in [-0.3, -0.25) is 9.78 Å². The van der Waals surface area contributed by atoms with Crippen LogP contribution in [0.15, 0.2) is 18.5 Å². The molecule has 1 aromatic rings. The number of aromatic nitrogens is 1. The topological polar surface area (TPSA) is 39.2 Å². The van der Waals surface area contributed by atoms with E-state index < -0.39 is 0 Å². The van der Waals surface area contributed by atoms with Crippen LogP contribution in [0.5, 0.6) is 5.75 Å². The molecule has 0 aliphatic carbocycles. The Hall–Kier alpha value is -1.38. The molecule has 1 aromatic heterocycles. The minimum atomic E-state index is 0.123. The molecule has 0 fully saturated rings. The highest BCUT2D eigenvalue weighted by atomic mass is 16.5. The Bertz CT molecular complexity index is 384. The highest BCUT2D eigenvalue weighted by Crippen LogP contribution is 2.21. The van der Waals surface area contributed by atoms with Crippen LogP contribution in [0.2, 0.25) is 0 Å². The molecular weight excluding hydrogens is 238 g/mol. The summed E-state index contributed by atoms with van der Waals surface area (Å²) in [6.07, 6.45) is 8.25. The van der Waals surface area contributed by atoms with E-state index in [0.29, 0.717) is 17.9 Å². The molecule has 19 heavy (non-hydrogen) atoms. The van der Waals surface area contributed by atoms with Crippen molar-refractivity contribution in [1.29, 1.82) is 0 Å². The smallest absolute Gasteiger partial charge is 0.167 e. The van der Waals surface area contributed by atoms with Gasteiger partial charge in [-0.05, 0) is 25.3 Å². The molecule has 0 saturated carbocycles. The van der Waals surface area contributed by atoms with Gasteiger partial charge in [0.05, 0.1) is 12.8 Å². The van der Waals surface area contributed by atoms with Crippen molar-refractivity contribution in [1.82, 2.24) is 4.98 Å². The van der Waals surface area contributed by atoms with E-state index in [0.717, 1.165) is 32.1 Å². The van der Waals surface area contributed by atoms with Crippen LogP contribution < -0.4 is 4.74 Å². The predicted molar refractivity (Wildman–Crippen MR) is 77.7 cm³/mol. The second-order valence-corrected chi connectivity index (χ2v) is 4.90. The summed E-state index contributed by atoms with van der Waals surface area (Å²) in [7, 11) is 0. The minimum absolute atomic E-state index is 0.123. The Morgan fingerprint density at radius 1 is 1.16 bits per heavy atom. The minimum Gasteiger partial charge on any atom is -0.492 e. The first-order valence-corrected chi connectivity index (χ1v) is 7.34. The number of ether oxygens (including phenoxy) is 1. The van der Waals surface area contributed by atoms with Crippen LogP contribution in [0.4, 0.5) is 0 Å². The number of carbonyl (C=O) groups excluding carboxylic acids is 1. The van der Waals surface area contributed by atoms with Crippen LogP contribution in [-0.2, 0) is 0 Å². The van der Waals surface area contributed by atoms with Crippen LogP contribution >= 0.6 is 0 Å². The molecule has 0 unspecified atom stereocenters. The lowest BCUT2D eigenvalue weighted by Crippen LogP contribution is -2.15. The first-order valence-electron chi connectivity index (χ1n) is 7.34. The summed E-state index contributed by atoms with van der Waals surface area (Å²) in [5.41, 5.74) is 0.681. The molecule has 0 N–H and O–H groups in total. The van der Waals surface area contributed by atoms with Gasteiger partial charge in [0.1, 0.15) is 5.75 Å². The second-order valence-electron chi connectivity index (χ2n) is 4.90. The number of rotatable bonds is 9. The van der Waals surface area contributed by atoms with Crippen molar-refractivity contribution in [2.45, 2.75) is 52.9 Å². The lowest BCUT2D eigenvalue weighted by atomic mass is 9.90. The Balaban J connectivity index is 2.78. The van der Waals surface area contributed by atoms with E-state index in [1.165, 1.54) is 0 Å². The van der Waals surface area contributed by atoms with Crippen molar-refractivity contribution in [3.63, 3.8) is 0 Å². The maximum Gasteiger partial charge on any atom is 0.167 e. The van der Waals surface area contributed by atoms with Crippen molar-refractivity contribution in [2.24, 2.45) is 5.92 Å². The second kappa shape index (κ2) is 8.68. The van der Waals surface area contributed by atoms with Crippen molar-refractivity contribution in [3.05, 3.63) is 24.0 Å². The number of Topliss-reactive ketones (excluding diaryl/α,β-unsaturated/α-hetero) is 1. The Morgan fingerprint density at radius 3 is 2.42 bits per heavy atom. The monoisotopic (exact) mass is 263 g/mol. The van der Waals surface area contributed by atoms with Crippen LogP contribution in [0.25, 0.3) is 0 Å². The number of nitrogens with zero attached hydrogens (tertiary/aromatic N) is 1. The standard InChI is InChI=1S/C16H25NO2/c1-4-7-13(8-5-2)16(18)14-10-15(12-17-11-14)19-9-6-3/h10-13H,4-9H2,1-3H3. The fourth-order valence-corrected chi connectivity index (χ4v) is 2.19. The molecule has 1 heterocycles. The van der Waals surface area contributed by atoms with E-state index in [-0.39, 0.29) is 11.7 Å². The van der Waals surface area contributed by atoms with E-state index in [2.05, 4.69) is 25.8 Å². The molecule has 3 nitrogen and oxygen atoms in total. The molecule has 106 valence electrons. The van der Waals surface area contributed by atoms with Crippen LogP contribution in [0.1, 0.15) is 63.2 Å². The fraction of sp³-hybridized carbons (Fsp3) is 0.625. The van der Waals surface area contributed by atoms with Gasteiger partial charge in [-0.2, -0.15) is 0 Å². The zero-order valence-electron chi connectivity index (χ0n) is 12.3. The Labute approximate surface area is 116 Å². The van der Waals surface area contributed by atoms with Crippen LogP contribution in [-0.4, -0.2) is 17.4 Å². The van der Waals surface area contributed by atoms with Gasteiger partial charge in [-0.25, -0.2) is 0 Å². The molecular formula is C16H25NO2. The van der Waals surface area contributed by atoms with Gasteiger partial charge in [-0.15, -0.1) is 0 Å². The lowest BCUT2D eigenvalue weighted by Gasteiger charge is -2.14. The molecule has 1 rings (SSSR count). The molecule has 0 atom stereocenters. The SMILES string of the molecule is CCCOc1cncc(C(=O)C(CCC)CCC)c1. The fourth-order valence-electron chi connectivity index (χ4n) is 2.19. The normalized spacial score (nSPS) is 10.7. The van der Waals surface area contributed by atoms with Gasteiger partial charge in [0, 0.05) is 17.7 Å². The molecule has 0 aliphatic rings. The van der Waals surface area contributed by atoms with Crippen LogP contribution in [0.3, 0.4) is 0 Å². The summed E-state index contributed by atoms with van der Waals surface area (Å²) in [4.78, 5) is 16.6. The van der Waals surface area contributed by atoms with Gasteiger partial charge in [0.15, 0.2) is 5.78 Å². The largest absolute Gasteiger partial charge is 0.492 e. The summed E-state index contributed by atoms with van der Waals surface area (Å²) in [5, 5.41) is 0. The third kappa shape index (κ3) is 5.01. The first-order chi connectivity index (χ1) is 9.22. The van der Waals surface area contributed by atoms with Crippen LogP contribution in [0, 0.1) is 5.92 Å². The summed E-state index contributed by atoms with van der Waals surface area (Å²) >= 11 is 0. The van der Waals surface area contributed by atoms with Gasteiger partial charge < -0.3 is 4.74 Å². The number of hydrogen-bond acceptors (Lipinski definition) is 3. The average molecular weight is 263 g/mol. The molecule has 0 amide bonds. The van der Waals surface area contributed by atoms with Gasteiger partial charge in [-0.1, -0.05) is 33.6 Å².